The molecule has 1 N–H and O–H groups in total. The Bertz CT molecular complexity index is 474. The zero-order valence-corrected chi connectivity index (χ0v) is 10.6. The molecule has 2 rings (SSSR count). The van der Waals surface area contributed by atoms with Crippen LogP contribution in [0.4, 0.5) is 0 Å². The fraction of sp³-hybridized carbons (Fsp3) is 0.176. The van der Waals surface area contributed by atoms with Gasteiger partial charge in [-0.25, -0.2) is 0 Å². The maximum atomic E-state index is 10.2. The standard InChI is InChI=1S/C17H18O/c1-3-17(14(2)18,15-10-6-4-7-11-15)16-12-8-5-9-13-16/h4-13,18H,2-3H2,1H3. The molecule has 0 bridgehead atoms. The molecule has 0 unspecified atom stereocenters. The summed E-state index contributed by atoms with van der Waals surface area (Å²) in [5.41, 5.74) is 1.64. The van der Waals surface area contributed by atoms with Crippen molar-refractivity contribution in [3.63, 3.8) is 0 Å². The van der Waals surface area contributed by atoms with Gasteiger partial charge in [-0.2, -0.15) is 0 Å². The molecule has 0 aromatic heterocycles. The normalized spacial score (nSPS) is 11.2. The van der Waals surface area contributed by atoms with E-state index < -0.39 is 5.41 Å². The second-order valence-electron chi connectivity index (χ2n) is 4.44. The molecule has 2 aromatic carbocycles. The van der Waals surface area contributed by atoms with Crippen molar-refractivity contribution < 1.29 is 5.11 Å². The minimum Gasteiger partial charge on any atom is -0.512 e. The molecule has 0 aliphatic rings. The van der Waals surface area contributed by atoms with Crippen LogP contribution in [-0.2, 0) is 5.41 Å². The van der Waals surface area contributed by atoms with Crippen molar-refractivity contribution in [3.05, 3.63) is 84.1 Å². The molecule has 0 saturated carbocycles. The lowest BCUT2D eigenvalue weighted by Crippen LogP contribution is -2.29. The highest BCUT2D eigenvalue weighted by Crippen LogP contribution is 2.40. The molecule has 0 saturated heterocycles. The zero-order valence-electron chi connectivity index (χ0n) is 10.6. The Morgan fingerprint density at radius 2 is 1.33 bits per heavy atom. The van der Waals surface area contributed by atoms with E-state index >= 15 is 0 Å². The minimum absolute atomic E-state index is 0.197. The Balaban J connectivity index is 2.65. The van der Waals surface area contributed by atoms with Crippen molar-refractivity contribution in [2.75, 3.05) is 0 Å². The third-order valence-corrected chi connectivity index (χ3v) is 3.56. The molecule has 1 nitrogen and oxygen atoms in total. The summed E-state index contributed by atoms with van der Waals surface area (Å²) in [7, 11) is 0. The third-order valence-electron chi connectivity index (χ3n) is 3.56. The number of benzene rings is 2. The van der Waals surface area contributed by atoms with Gasteiger partial charge in [0.05, 0.1) is 5.41 Å². The van der Waals surface area contributed by atoms with Gasteiger partial charge in [0.25, 0.3) is 0 Å². The zero-order chi connectivity index (χ0) is 13.0. The van der Waals surface area contributed by atoms with Gasteiger partial charge in [-0.1, -0.05) is 74.2 Å². The van der Waals surface area contributed by atoms with E-state index in [-0.39, 0.29) is 5.76 Å². The number of rotatable bonds is 4. The van der Waals surface area contributed by atoms with Gasteiger partial charge in [-0.05, 0) is 17.5 Å². The summed E-state index contributed by atoms with van der Waals surface area (Å²) in [6, 6.07) is 20.1. The summed E-state index contributed by atoms with van der Waals surface area (Å²) in [5, 5.41) is 10.2. The highest BCUT2D eigenvalue weighted by Gasteiger charge is 2.35. The van der Waals surface area contributed by atoms with Crippen LogP contribution in [0.15, 0.2) is 73.0 Å². The number of allylic oxidation sites excluding steroid dienone is 1. The summed E-state index contributed by atoms with van der Waals surface area (Å²) >= 11 is 0. The molecule has 18 heavy (non-hydrogen) atoms. The largest absolute Gasteiger partial charge is 0.512 e. The van der Waals surface area contributed by atoms with Crippen molar-refractivity contribution in [1.82, 2.24) is 0 Å². The van der Waals surface area contributed by atoms with Crippen LogP contribution in [-0.4, -0.2) is 5.11 Å². The van der Waals surface area contributed by atoms with E-state index in [0.29, 0.717) is 0 Å². The summed E-state index contributed by atoms with van der Waals surface area (Å²) in [5.74, 6) is 0.197. The van der Waals surface area contributed by atoms with Gasteiger partial charge in [0.2, 0.25) is 0 Å². The Hall–Kier alpha value is -2.02. The van der Waals surface area contributed by atoms with E-state index in [0.717, 1.165) is 17.5 Å². The van der Waals surface area contributed by atoms with E-state index in [4.69, 9.17) is 0 Å². The van der Waals surface area contributed by atoms with E-state index in [1.807, 2.05) is 60.7 Å². The lowest BCUT2D eigenvalue weighted by molar-refractivity contribution is 0.319. The maximum absolute atomic E-state index is 10.2. The van der Waals surface area contributed by atoms with E-state index in [2.05, 4.69) is 13.5 Å². The fourth-order valence-electron chi connectivity index (χ4n) is 2.56. The molecule has 0 amide bonds. The predicted molar refractivity (Wildman–Crippen MR) is 75.7 cm³/mol. The van der Waals surface area contributed by atoms with Crippen molar-refractivity contribution in [3.8, 4) is 0 Å². The molecule has 0 fully saturated rings. The fourth-order valence-corrected chi connectivity index (χ4v) is 2.56. The molecule has 0 aliphatic carbocycles. The predicted octanol–water partition coefficient (Wildman–Crippen LogP) is 4.45. The van der Waals surface area contributed by atoms with Crippen molar-refractivity contribution in [2.45, 2.75) is 18.8 Å². The Morgan fingerprint density at radius 1 is 0.944 bits per heavy atom. The number of hydrogen-bond donors (Lipinski definition) is 1. The number of aliphatic hydroxyl groups excluding tert-OH is 1. The van der Waals surface area contributed by atoms with Crippen LogP contribution < -0.4 is 0 Å². The van der Waals surface area contributed by atoms with Crippen molar-refractivity contribution in [2.24, 2.45) is 0 Å². The minimum atomic E-state index is -0.511. The van der Waals surface area contributed by atoms with Crippen LogP contribution in [0.1, 0.15) is 24.5 Å². The first kappa shape index (κ1) is 12.4. The Kier molecular flexibility index (Phi) is 3.52. The van der Waals surface area contributed by atoms with Gasteiger partial charge in [-0.15, -0.1) is 0 Å². The van der Waals surface area contributed by atoms with Crippen LogP contribution in [0.25, 0.3) is 0 Å². The Labute approximate surface area is 108 Å². The van der Waals surface area contributed by atoms with Crippen LogP contribution in [0, 0.1) is 0 Å². The van der Waals surface area contributed by atoms with Crippen LogP contribution in [0.2, 0.25) is 0 Å². The first-order chi connectivity index (χ1) is 8.71. The molecule has 0 atom stereocenters. The first-order valence-electron chi connectivity index (χ1n) is 6.21. The highest BCUT2D eigenvalue weighted by molar-refractivity contribution is 5.45. The molecule has 2 aromatic rings. The van der Waals surface area contributed by atoms with Crippen LogP contribution >= 0.6 is 0 Å². The third kappa shape index (κ3) is 1.92. The summed E-state index contributed by atoms with van der Waals surface area (Å²) in [6.45, 7) is 5.88. The average Bonchev–Trinajstić information content (AvgIpc) is 2.42. The summed E-state index contributed by atoms with van der Waals surface area (Å²) in [6.07, 6.45) is 0.774. The molecule has 0 radical (unpaired) electrons. The maximum Gasteiger partial charge on any atom is 0.100 e. The van der Waals surface area contributed by atoms with Gasteiger partial charge >= 0.3 is 0 Å². The Morgan fingerprint density at radius 3 is 1.61 bits per heavy atom. The molecule has 0 heterocycles. The number of hydrogen-bond acceptors (Lipinski definition) is 1. The lowest BCUT2D eigenvalue weighted by Gasteiger charge is -2.33. The first-order valence-corrected chi connectivity index (χ1v) is 6.21. The van der Waals surface area contributed by atoms with Crippen LogP contribution in [0.3, 0.4) is 0 Å². The SMILES string of the molecule is C=C(O)C(CC)(c1ccccc1)c1ccccc1. The summed E-state index contributed by atoms with van der Waals surface area (Å²) < 4.78 is 0. The smallest absolute Gasteiger partial charge is 0.100 e. The quantitative estimate of drug-likeness (QED) is 0.780. The lowest BCUT2D eigenvalue weighted by atomic mass is 9.71. The van der Waals surface area contributed by atoms with Gasteiger partial charge in [0.1, 0.15) is 5.76 Å². The highest BCUT2D eigenvalue weighted by atomic mass is 16.3. The van der Waals surface area contributed by atoms with E-state index in [1.165, 1.54) is 0 Å². The second kappa shape index (κ2) is 5.09. The van der Waals surface area contributed by atoms with Gasteiger partial charge < -0.3 is 5.11 Å². The molecule has 1 heteroatoms. The monoisotopic (exact) mass is 238 g/mol. The van der Waals surface area contributed by atoms with E-state index in [9.17, 15) is 5.11 Å². The van der Waals surface area contributed by atoms with Crippen LogP contribution in [0.5, 0.6) is 0 Å². The molecular formula is C17H18O. The average molecular weight is 238 g/mol. The van der Waals surface area contributed by atoms with E-state index in [1.54, 1.807) is 0 Å². The molecule has 0 spiro atoms. The molecule has 92 valence electrons. The van der Waals surface area contributed by atoms with Gasteiger partial charge in [0, 0.05) is 0 Å². The molecule has 0 aliphatic heterocycles. The topological polar surface area (TPSA) is 20.2 Å². The molecular weight excluding hydrogens is 220 g/mol. The second-order valence-corrected chi connectivity index (χ2v) is 4.44. The van der Waals surface area contributed by atoms with Crippen molar-refractivity contribution in [1.29, 1.82) is 0 Å². The van der Waals surface area contributed by atoms with Crippen molar-refractivity contribution >= 4 is 0 Å². The van der Waals surface area contributed by atoms with Gasteiger partial charge in [0.15, 0.2) is 0 Å². The van der Waals surface area contributed by atoms with Gasteiger partial charge in [-0.3, -0.25) is 0 Å². The summed E-state index contributed by atoms with van der Waals surface area (Å²) in [4.78, 5) is 0. The number of aliphatic hydroxyl groups is 1.